The third-order valence-corrected chi connectivity index (χ3v) is 7.26. The van der Waals surface area contributed by atoms with Crippen LogP contribution in [-0.4, -0.2) is 41.3 Å². The topological polar surface area (TPSA) is 72.3 Å². The number of pyridine rings is 1. The van der Waals surface area contributed by atoms with Gasteiger partial charge in [-0.2, -0.15) is 0 Å². The van der Waals surface area contributed by atoms with Crippen LogP contribution >= 0.6 is 15.9 Å². The summed E-state index contributed by atoms with van der Waals surface area (Å²) in [5, 5.41) is 0.736. The molecule has 4 rings (SSSR count). The lowest BCUT2D eigenvalue weighted by atomic mass is 10.0. The Morgan fingerprint density at radius 2 is 1.90 bits per heavy atom. The van der Waals surface area contributed by atoms with Gasteiger partial charge in [0.2, 0.25) is 5.91 Å². The van der Waals surface area contributed by atoms with Crippen LogP contribution in [-0.2, 0) is 14.8 Å². The monoisotopic (exact) mass is 473 g/mol. The van der Waals surface area contributed by atoms with E-state index in [1.54, 1.807) is 42.3 Å². The van der Waals surface area contributed by atoms with Crippen molar-refractivity contribution in [3.05, 3.63) is 64.4 Å². The van der Waals surface area contributed by atoms with Crippen LogP contribution in [0.15, 0.2) is 58.0 Å². The fourth-order valence-corrected chi connectivity index (χ4v) is 5.36. The Hall–Kier alpha value is -2.45. The van der Waals surface area contributed by atoms with E-state index >= 15 is 0 Å². The predicted molar refractivity (Wildman–Crippen MR) is 116 cm³/mol. The van der Waals surface area contributed by atoms with E-state index < -0.39 is 10.0 Å². The average molecular weight is 474 g/mol. The SMILES string of the molecule is CC(=O)N1CC=C(c2cc3cc(Br)cnc3n2S(=O)(=O)c2ccc(C)cc2)CC1. The Labute approximate surface area is 178 Å². The summed E-state index contributed by atoms with van der Waals surface area (Å²) in [6.07, 6.45) is 4.11. The lowest BCUT2D eigenvalue weighted by Crippen LogP contribution is -2.33. The molecule has 1 aromatic carbocycles. The van der Waals surface area contributed by atoms with Crippen molar-refractivity contribution in [3.8, 4) is 0 Å². The molecule has 3 heterocycles. The normalized spacial score (nSPS) is 14.9. The van der Waals surface area contributed by atoms with Crippen molar-refractivity contribution < 1.29 is 13.2 Å². The van der Waals surface area contributed by atoms with Gasteiger partial charge in [-0.05, 0) is 59.1 Å². The van der Waals surface area contributed by atoms with E-state index in [0.717, 1.165) is 21.0 Å². The molecule has 2 aromatic heterocycles. The average Bonchev–Trinajstić information content (AvgIpc) is 3.07. The Bertz CT molecular complexity index is 1240. The summed E-state index contributed by atoms with van der Waals surface area (Å²) >= 11 is 3.41. The largest absolute Gasteiger partial charge is 0.339 e. The molecule has 0 saturated heterocycles. The molecule has 0 N–H and O–H groups in total. The van der Waals surface area contributed by atoms with Crippen LogP contribution in [0.2, 0.25) is 0 Å². The minimum absolute atomic E-state index is 0.0127. The van der Waals surface area contributed by atoms with Gasteiger partial charge in [0.05, 0.1) is 10.6 Å². The van der Waals surface area contributed by atoms with E-state index in [4.69, 9.17) is 0 Å². The molecular formula is C21H20BrN3O3S. The van der Waals surface area contributed by atoms with Gasteiger partial charge in [0.25, 0.3) is 10.0 Å². The maximum absolute atomic E-state index is 13.6. The highest BCUT2D eigenvalue weighted by Gasteiger charge is 2.27. The minimum atomic E-state index is -3.84. The quantitative estimate of drug-likeness (QED) is 0.576. The third kappa shape index (κ3) is 3.62. The molecule has 8 heteroatoms. The van der Waals surface area contributed by atoms with Crippen LogP contribution in [0, 0.1) is 6.92 Å². The first kappa shape index (κ1) is 19.8. The number of carbonyl (C=O) groups excluding carboxylic acids is 1. The van der Waals surface area contributed by atoms with E-state index in [9.17, 15) is 13.2 Å². The van der Waals surface area contributed by atoms with Crippen LogP contribution in [0.5, 0.6) is 0 Å². The van der Waals surface area contributed by atoms with E-state index in [0.29, 0.717) is 30.9 Å². The number of halogens is 1. The summed E-state index contributed by atoms with van der Waals surface area (Å²) in [6, 6.07) is 10.5. The maximum atomic E-state index is 13.6. The summed E-state index contributed by atoms with van der Waals surface area (Å²) in [5.74, 6) is 0.0127. The Morgan fingerprint density at radius 3 is 2.52 bits per heavy atom. The van der Waals surface area contributed by atoms with Crippen molar-refractivity contribution in [1.29, 1.82) is 0 Å². The van der Waals surface area contributed by atoms with E-state index in [1.807, 2.05) is 25.1 Å². The molecule has 1 amide bonds. The number of amides is 1. The molecule has 0 atom stereocenters. The molecule has 0 fully saturated rings. The first-order valence-corrected chi connectivity index (χ1v) is 11.4. The number of aromatic nitrogens is 2. The van der Waals surface area contributed by atoms with Crippen molar-refractivity contribution in [3.63, 3.8) is 0 Å². The second-order valence-corrected chi connectivity index (χ2v) is 9.83. The highest BCUT2D eigenvalue weighted by Crippen LogP contribution is 2.32. The van der Waals surface area contributed by atoms with Gasteiger partial charge < -0.3 is 4.90 Å². The third-order valence-electron chi connectivity index (χ3n) is 5.11. The fraction of sp³-hybridized carbons (Fsp3) is 0.238. The lowest BCUT2D eigenvalue weighted by molar-refractivity contribution is -0.128. The summed E-state index contributed by atoms with van der Waals surface area (Å²) in [5.41, 5.74) is 2.86. The molecule has 6 nitrogen and oxygen atoms in total. The van der Waals surface area contributed by atoms with Gasteiger partial charge >= 0.3 is 0 Å². The molecular weight excluding hydrogens is 454 g/mol. The second-order valence-electron chi connectivity index (χ2n) is 7.12. The molecule has 0 saturated carbocycles. The highest BCUT2D eigenvalue weighted by atomic mass is 79.9. The second kappa shape index (κ2) is 7.42. The first-order chi connectivity index (χ1) is 13.8. The van der Waals surface area contributed by atoms with Crippen molar-refractivity contribution in [2.45, 2.75) is 25.2 Å². The van der Waals surface area contributed by atoms with Crippen LogP contribution < -0.4 is 0 Å². The predicted octanol–water partition coefficient (Wildman–Crippen LogP) is 3.98. The number of carbonyl (C=O) groups is 1. The maximum Gasteiger partial charge on any atom is 0.269 e. The number of hydrogen-bond donors (Lipinski definition) is 0. The minimum Gasteiger partial charge on any atom is -0.339 e. The number of benzene rings is 1. The molecule has 0 aliphatic carbocycles. The smallest absolute Gasteiger partial charge is 0.269 e. The van der Waals surface area contributed by atoms with Gasteiger partial charge in [0.1, 0.15) is 0 Å². The molecule has 3 aromatic rings. The van der Waals surface area contributed by atoms with E-state index in [-0.39, 0.29) is 10.8 Å². The molecule has 29 heavy (non-hydrogen) atoms. The highest BCUT2D eigenvalue weighted by molar-refractivity contribution is 9.10. The summed E-state index contributed by atoms with van der Waals surface area (Å²) in [7, 11) is -3.84. The Balaban J connectivity index is 1.92. The number of fused-ring (bicyclic) bond motifs is 1. The summed E-state index contributed by atoms with van der Waals surface area (Å²) < 4.78 is 29.2. The van der Waals surface area contributed by atoms with Crippen LogP contribution in [0.3, 0.4) is 0 Å². The summed E-state index contributed by atoms with van der Waals surface area (Å²) in [4.78, 5) is 18.0. The van der Waals surface area contributed by atoms with Gasteiger partial charge in [-0.25, -0.2) is 17.4 Å². The molecule has 0 radical (unpaired) electrons. The van der Waals surface area contributed by atoms with Gasteiger partial charge in [-0.1, -0.05) is 23.8 Å². The molecule has 0 spiro atoms. The zero-order valence-electron chi connectivity index (χ0n) is 16.1. The van der Waals surface area contributed by atoms with Gasteiger partial charge in [-0.15, -0.1) is 0 Å². The standard InChI is InChI=1S/C21H20BrN3O3S/c1-14-3-5-19(6-4-14)29(27,28)25-20(12-17-11-18(22)13-23-21(17)25)16-7-9-24(10-8-16)15(2)26/h3-7,11-13H,8-10H2,1-2H3. The zero-order chi connectivity index (χ0) is 20.8. The summed E-state index contributed by atoms with van der Waals surface area (Å²) in [6.45, 7) is 4.48. The number of nitrogens with zero attached hydrogens (tertiary/aromatic N) is 3. The van der Waals surface area contributed by atoms with Gasteiger partial charge in [0.15, 0.2) is 5.65 Å². The molecule has 1 aliphatic rings. The van der Waals surface area contributed by atoms with E-state index in [2.05, 4.69) is 20.9 Å². The van der Waals surface area contributed by atoms with Crippen molar-refractivity contribution >= 4 is 48.5 Å². The van der Waals surface area contributed by atoms with Crippen molar-refractivity contribution in [2.75, 3.05) is 13.1 Å². The molecule has 150 valence electrons. The zero-order valence-corrected chi connectivity index (χ0v) is 18.5. The van der Waals surface area contributed by atoms with E-state index in [1.165, 1.54) is 3.97 Å². The molecule has 1 aliphatic heterocycles. The van der Waals surface area contributed by atoms with Gasteiger partial charge in [0, 0.05) is 36.1 Å². The van der Waals surface area contributed by atoms with Gasteiger partial charge in [-0.3, -0.25) is 4.79 Å². The van der Waals surface area contributed by atoms with Crippen LogP contribution in [0.25, 0.3) is 16.6 Å². The number of rotatable bonds is 3. The molecule has 0 bridgehead atoms. The fourth-order valence-electron chi connectivity index (χ4n) is 3.51. The van der Waals surface area contributed by atoms with Crippen LogP contribution in [0.1, 0.15) is 24.6 Å². The number of hydrogen-bond acceptors (Lipinski definition) is 4. The lowest BCUT2D eigenvalue weighted by Gasteiger charge is -2.25. The molecule has 0 unspecified atom stereocenters. The van der Waals surface area contributed by atoms with Crippen molar-refractivity contribution in [2.24, 2.45) is 0 Å². The first-order valence-electron chi connectivity index (χ1n) is 9.21. The Kier molecular flexibility index (Phi) is 5.08. The van der Waals surface area contributed by atoms with Crippen LogP contribution in [0.4, 0.5) is 0 Å². The van der Waals surface area contributed by atoms with Crippen molar-refractivity contribution in [1.82, 2.24) is 13.9 Å². The Morgan fingerprint density at radius 1 is 1.17 bits per heavy atom. The number of aryl methyl sites for hydroxylation is 1.